The van der Waals surface area contributed by atoms with Gasteiger partial charge in [0, 0.05) is 19.3 Å². The van der Waals surface area contributed by atoms with Crippen molar-refractivity contribution in [1.29, 1.82) is 0 Å². The summed E-state index contributed by atoms with van der Waals surface area (Å²) in [5, 5.41) is 21.9. The van der Waals surface area contributed by atoms with Crippen LogP contribution in [0.25, 0.3) is 11.5 Å². The molecule has 2 heterocycles. The third-order valence-corrected chi connectivity index (χ3v) is 3.88. The molecule has 0 spiro atoms. The summed E-state index contributed by atoms with van der Waals surface area (Å²) in [6.07, 6.45) is 3.89. The minimum atomic E-state index is -0.850. The highest BCUT2D eigenvalue weighted by Gasteiger charge is 2.31. The van der Waals surface area contributed by atoms with Crippen LogP contribution in [-0.4, -0.2) is 41.4 Å². The zero-order chi connectivity index (χ0) is 13.4. The third kappa shape index (κ3) is 2.35. The van der Waals surface area contributed by atoms with Crippen molar-refractivity contribution in [3.05, 3.63) is 12.3 Å². The summed E-state index contributed by atoms with van der Waals surface area (Å²) in [4.78, 5) is 10.7. The van der Waals surface area contributed by atoms with Crippen LogP contribution in [-0.2, 0) is 11.8 Å². The average molecular weight is 279 g/mol. The van der Waals surface area contributed by atoms with Crippen molar-refractivity contribution in [2.75, 3.05) is 5.75 Å². The summed E-state index contributed by atoms with van der Waals surface area (Å²) >= 11 is 1.21. The minimum Gasteiger partial charge on any atom is -0.481 e. The molecule has 8 heteroatoms. The molecule has 1 N–H and O–H groups in total. The number of thioether (sulfide) groups is 1. The fraction of sp³-hybridized carbons (Fsp3) is 0.455. The highest BCUT2D eigenvalue weighted by molar-refractivity contribution is 7.99. The quantitative estimate of drug-likeness (QED) is 0.827. The predicted octanol–water partition coefficient (Wildman–Crippen LogP) is 1.19. The zero-order valence-electron chi connectivity index (χ0n) is 10.4. The monoisotopic (exact) mass is 279 g/mol. The molecule has 7 nitrogen and oxygen atoms in total. The number of hydrogen-bond donors (Lipinski definition) is 1. The van der Waals surface area contributed by atoms with Crippen molar-refractivity contribution in [3.63, 3.8) is 0 Å². The lowest BCUT2D eigenvalue weighted by Crippen LogP contribution is -2.05. The molecule has 0 amide bonds. The van der Waals surface area contributed by atoms with Crippen LogP contribution in [0.4, 0.5) is 0 Å². The van der Waals surface area contributed by atoms with Crippen LogP contribution in [0.5, 0.6) is 0 Å². The highest BCUT2D eigenvalue weighted by atomic mass is 32.2. The van der Waals surface area contributed by atoms with Crippen LogP contribution in [0.1, 0.15) is 18.9 Å². The van der Waals surface area contributed by atoms with Gasteiger partial charge in [-0.3, -0.25) is 14.0 Å². The SMILES string of the molecule is Cn1nccc1-c1nnc(SCC(=O)O)n1C1CC1. The number of rotatable bonds is 5. The maximum Gasteiger partial charge on any atom is 0.313 e. The Hall–Kier alpha value is -1.83. The van der Waals surface area contributed by atoms with E-state index in [0.29, 0.717) is 11.2 Å². The van der Waals surface area contributed by atoms with Gasteiger partial charge in [-0.15, -0.1) is 10.2 Å². The van der Waals surface area contributed by atoms with Gasteiger partial charge >= 0.3 is 5.97 Å². The molecule has 2 aromatic heterocycles. The Morgan fingerprint density at radius 2 is 2.32 bits per heavy atom. The van der Waals surface area contributed by atoms with E-state index in [4.69, 9.17) is 5.11 Å². The zero-order valence-corrected chi connectivity index (χ0v) is 11.2. The van der Waals surface area contributed by atoms with Gasteiger partial charge in [-0.1, -0.05) is 11.8 Å². The molecule has 2 aromatic rings. The molecule has 0 radical (unpaired) electrons. The normalized spacial score (nSPS) is 14.8. The molecular formula is C11H13N5O2S. The highest BCUT2D eigenvalue weighted by Crippen LogP contribution is 2.40. The Balaban J connectivity index is 1.97. The Bertz CT molecular complexity index is 616. The van der Waals surface area contributed by atoms with E-state index in [1.165, 1.54) is 11.8 Å². The summed E-state index contributed by atoms with van der Waals surface area (Å²) in [7, 11) is 1.85. The molecule has 1 aliphatic rings. The average Bonchev–Trinajstić information content (AvgIpc) is 2.98. The molecule has 19 heavy (non-hydrogen) atoms. The molecule has 100 valence electrons. The molecule has 0 aliphatic heterocycles. The van der Waals surface area contributed by atoms with Crippen LogP contribution >= 0.6 is 11.8 Å². The molecule has 0 bridgehead atoms. The Morgan fingerprint density at radius 3 is 2.89 bits per heavy atom. The van der Waals surface area contributed by atoms with E-state index >= 15 is 0 Å². The molecule has 3 rings (SSSR count). The lowest BCUT2D eigenvalue weighted by atomic mass is 10.4. The van der Waals surface area contributed by atoms with Gasteiger partial charge in [0.15, 0.2) is 11.0 Å². The van der Waals surface area contributed by atoms with Gasteiger partial charge in [0.05, 0.1) is 5.75 Å². The second-order valence-corrected chi connectivity index (χ2v) is 5.37. The van der Waals surface area contributed by atoms with Crippen molar-refractivity contribution >= 4 is 17.7 Å². The summed E-state index contributed by atoms with van der Waals surface area (Å²) in [6, 6.07) is 2.27. The number of aliphatic carboxylic acids is 1. The van der Waals surface area contributed by atoms with Crippen LogP contribution in [0, 0.1) is 0 Å². The number of nitrogens with zero attached hydrogens (tertiary/aromatic N) is 5. The van der Waals surface area contributed by atoms with Gasteiger partial charge in [-0.05, 0) is 18.9 Å². The van der Waals surface area contributed by atoms with Gasteiger partial charge in [-0.25, -0.2) is 0 Å². The molecule has 1 aliphatic carbocycles. The van der Waals surface area contributed by atoms with Crippen molar-refractivity contribution in [3.8, 4) is 11.5 Å². The maximum atomic E-state index is 10.7. The van der Waals surface area contributed by atoms with E-state index in [0.717, 1.165) is 24.4 Å². The largest absolute Gasteiger partial charge is 0.481 e. The molecule has 0 aromatic carbocycles. The summed E-state index contributed by atoms with van der Waals surface area (Å²) in [5.41, 5.74) is 0.890. The van der Waals surface area contributed by atoms with Gasteiger partial charge < -0.3 is 5.11 Å². The second-order valence-electron chi connectivity index (χ2n) is 4.43. The van der Waals surface area contributed by atoms with Gasteiger partial charge in [0.2, 0.25) is 0 Å². The first kappa shape index (κ1) is 12.2. The van der Waals surface area contributed by atoms with Crippen LogP contribution in [0.15, 0.2) is 17.4 Å². The topological polar surface area (TPSA) is 85.8 Å². The smallest absolute Gasteiger partial charge is 0.313 e. The lowest BCUT2D eigenvalue weighted by Gasteiger charge is -2.07. The van der Waals surface area contributed by atoms with Gasteiger partial charge in [0.25, 0.3) is 0 Å². The van der Waals surface area contributed by atoms with E-state index in [1.54, 1.807) is 10.9 Å². The first-order chi connectivity index (χ1) is 9.16. The molecule has 0 atom stereocenters. The van der Waals surface area contributed by atoms with Crippen LogP contribution in [0.2, 0.25) is 0 Å². The van der Waals surface area contributed by atoms with E-state index in [2.05, 4.69) is 15.3 Å². The molecular weight excluding hydrogens is 266 g/mol. The van der Waals surface area contributed by atoms with Crippen LogP contribution in [0.3, 0.4) is 0 Å². The van der Waals surface area contributed by atoms with Gasteiger partial charge in [-0.2, -0.15) is 5.10 Å². The standard InChI is InChI=1S/C11H13N5O2S/c1-15-8(4-5-12-15)10-13-14-11(19-6-9(17)18)16(10)7-2-3-7/h4-5,7H,2-3,6H2,1H3,(H,17,18). The number of aromatic nitrogens is 5. The minimum absolute atomic E-state index is 0.00373. The van der Waals surface area contributed by atoms with E-state index < -0.39 is 5.97 Å². The van der Waals surface area contributed by atoms with Crippen LogP contribution < -0.4 is 0 Å². The Labute approximate surface area is 113 Å². The predicted molar refractivity (Wildman–Crippen MR) is 68.9 cm³/mol. The Kier molecular flexibility index (Phi) is 3.02. The first-order valence-corrected chi connectivity index (χ1v) is 6.93. The lowest BCUT2D eigenvalue weighted by molar-refractivity contribution is -0.133. The number of carboxylic acids is 1. The first-order valence-electron chi connectivity index (χ1n) is 5.94. The summed E-state index contributed by atoms with van der Waals surface area (Å²) < 4.78 is 3.78. The summed E-state index contributed by atoms with van der Waals surface area (Å²) in [5.74, 6) is -0.0937. The van der Waals surface area contributed by atoms with Gasteiger partial charge in [0.1, 0.15) is 5.69 Å². The number of aryl methyl sites for hydroxylation is 1. The summed E-state index contributed by atoms with van der Waals surface area (Å²) in [6.45, 7) is 0. The molecule has 0 unspecified atom stereocenters. The number of hydrogen-bond acceptors (Lipinski definition) is 5. The Morgan fingerprint density at radius 1 is 1.53 bits per heavy atom. The maximum absolute atomic E-state index is 10.7. The second kappa shape index (κ2) is 4.69. The number of carboxylic acid groups (broad SMARTS) is 1. The number of carbonyl (C=O) groups is 1. The fourth-order valence-corrected chi connectivity index (χ4v) is 2.66. The van der Waals surface area contributed by atoms with Crippen molar-refractivity contribution < 1.29 is 9.90 Å². The van der Waals surface area contributed by atoms with E-state index in [1.807, 2.05) is 17.7 Å². The van der Waals surface area contributed by atoms with Crippen molar-refractivity contribution in [1.82, 2.24) is 24.5 Å². The van der Waals surface area contributed by atoms with E-state index in [-0.39, 0.29) is 5.75 Å². The molecule has 1 fully saturated rings. The fourth-order valence-electron chi connectivity index (χ4n) is 1.93. The van der Waals surface area contributed by atoms with Crippen molar-refractivity contribution in [2.24, 2.45) is 7.05 Å². The van der Waals surface area contributed by atoms with E-state index in [9.17, 15) is 4.79 Å². The molecule has 1 saturated carbocycles. The van der Waals surface area contributed by atoms with Crippen molar-refractivity contribution in [2.45, 2.75) is 24.0 Å². The molecule has 0 saturated heterocycles. The third-order valence-electron chi connectivity index (χ3n) is 2.95.